The van der Waals surface area contributed by atoms with Gasteiger partial charge in [0.05, 0.1) is 0 Å². The Morgan fingerprint density at radius 1 is 1.00 bits per heavy atom. The molecule has 0 bridgehead atoms. The first-order valence-electron chi connectivity index (χ1n) is 5.29. The van der Waals surface area contributed by atoms with Crippen molar-refractivity contribution in [1.82, 2.24) is 0 Å². The summed E-state index contributed by atoms with van der Waals surface area (Å²) < 4.78 is 31.7. The lowest BCUT2D eigenvalue weighted by molar-refractivity contribution is 0.289. The molecule has 2 aromatic rings. The van der Waals surface area contributed by atoms with Crippen LogP contribution in [0.4, 0.5) is 8.78 Å². The first kappa shape index (κ1) is 11.6. The molecule has 2 aromatic carbocycles. The molecule has 0 heterocycles. The summed E-state index contributed by atoms with van der Waals surface area (Å²) in [5.74, 6) is -1.16. The van der Waals surface area contributed by atoms with E-state index in [9.17, 15) is 8.78 Å². The normalized spacial score (nSPS) is 10.3. The molecule has 1 nitrogen and oxygen atoms in total. The SMILES string of the molecule is Cc1cc(OCc2ccccc2)c(F)cc1F. The number of halogens is 2. The predicted molar refractivity (Wildman–Crippen MR) is 61.9 cm³/mol. The molecule has 0 N–H and O–H groups in total. The summed E-state index contributed by atoms with van der Waals surface area (Å²) >= 11 is 0. The lowest BCUT2D eigenvalue weighted by Crippen LogP contribution is -1.98. The second-order valence-corrected chi connectivity index (χ2v) is 3.81. The van der Waals surface area contributed by atoms with Gasteiger partial charge in [0.25, 0.3) is 0 Å². The number of rotatable bonds is 3. The highest BCUT2D eigenvalue weighted by Crippen LogP contribution is 2.22. The first-order valence-corrected chi connectivity index (χ1v) is 5.29. The number of hydrogen-bond acceptors (Lipinski definition) is 1. The predicted octanol–water partition coefficient (Wildman–Crippen LogP) is 3.85. The Hall–Kier alpha value is -1.90. The van der Waals surface area contributed by atoms with Crippen molar-refractivity contribution < 1.29 is 13.5 Å². The fraction of sp³-hybridized carbons (Fsp3) is 0.143. The zero-order valence-corrected chi connectivity index (χ0v) is 9.41. The molecule has 2 rings (SSSR count). The molecule has 0 aliphatic carbocycles. The molecule has 0 aliphatic heterocycles. The van der Waals surface area contributed by atoms with Gasteiger partial charge in [-0.05, 0) is 24.1 Å². The van der Waals surface area contributed by atoms with Crippen molar-refractivity contribution in [3.05, 3.63) is 65.2 Å². The van der Waals surface area contributed by atoms with Crippen molar-refractivity contribution in [1.29, 1.82) is 0 Å². The van der Waals surface area contributed by atoms with Crippen LogP contribution in [0.2, 0.25) is 0 Å². The van der Waals surface area contributed by atoms with E-state index in [0.29, 0.717) is 5.56 Å². The summed E-state index contributed by atoms with van der Waals surface area (Å²) in [6.07, 6.45) is 0. The molecule has 0 spiro atoms. The molecule has 3 heteroatoms. The van der Waals surface area contributed by atoms with Crippen LogP contribution in [0.15, 0.2) is 42.5 Å². The molecule has 0 saturated carbocycles. The molecule has 0 atom stereocenters. The maximum atomic E-state index is 13.4. The van der Waals surface area contributed by atoms with Crippen LogP contribution in [0.1, 0.15) is 11.1 Å². The summed E-state index contributed by atoms with van der Waals surface area (Å²) in [5, 5.41) is 0. The van der Waals surface area contributed by atoms with Gasteiger partial charge >= 0.3 is 0 Å². The minimum atomic E-state index is -0.677. The monoisotopic (exact) mass is 234 g/mol. The molecule has 0 amide bonds. The van der Waals surface area contributed by atoms with Crippen LogP contribution in [-0.4, -0.2) is 0 Å². The van der Waals surface area contributed by atoms with Crippen molar-refractivity contribution >= 4 is 0 Å². The van der Waals surface area contributed by atoms with Gasteiger partial charge in [-0.3, -0.25) is 0 Å². The molecule has 0 aromatic heterocycles. The average molecular weight is 234 g/mol. The van der Waals surface area contributed by atoms with Gasteiger partial charge in [0.1, 0.15) is 12.4 Å². The van der Waals surface area contributed by atoms with Crippen molar-refractivity contribution in [3.8, 4) is 5.75 Å². The Bertz CT molecular complexity index is 509. The van der Waals surface area contributed by atoms with E-state index >= 15 is 0 Å². The van der Waals surface area contributed by atoms with Gasteiger partial charge in [-0.25, -0.2) is 8.78 Å². The van der Waals surface area contributed by atoms with Crippen LogP contribution < -0.4 is 4.74 Å². The largest absolute Gasteiger partial charge is 0.486 e. The summed E-state index contributed by atoms with van der Waals surface area (Å²) in [6.45, 7) is 1.84. The Kier molecular flexibility index (Phi) is 3.38. The Morgan fingerprint density at radius 3 is 2.41 bits per heavy atom. The second-order valence-electron chi connectivity index (χ2n) is 3.81. The van der Waals surface area contributed by atoms with Gasteiger partial charge in [0, 0.05) is 6.07 Å². The fourth-order valence-electron chi connectivity index (χ4n) is 1.48. The Morgan fingerprint density at radius 2 is 1.71 bits per heavy atom. The number of aryl methyl sites for hydroxylation is 1. The maximum Gasteiger partial charge on any atom is 0.168 e. The van der Waals surface area contributed by atoms with Crippen molar-refractivity contribution in [2.45, 2.75) is 13.5 Å². The minimum Gasteiger partial charge on any atom is -0.486 e. The Labute approximate surface area is 98.7 Å². The molecule has 17 heavy (non-hydrogen) atoms. The van der Waals surface area contributed by atoms with Crippen LogP contribution in [0.3, 0.4) is 0 Å². The molecule has 0 saturated heterocycles. The second kappa shape index (κ2) is 4.95. The first-order chi connectivity index (χ1) is 8.16. The summed E-state index contributed by atoms with van der Waals surface area (Å²) in [7, 11) is 0. The van der Waals surface area contributed by atoms with E-state index < -0.39 is 11.6 Å². The van der Waals surface area contributed by atoms with Crippen LogP contribution in [0.25, 0.3) is 0 Å². The molecule has 88 valence electrons. The zero-order valence-electron chi connectivity index (χ0n) is 9.41. The fourth-order valence-corrected chi connectivity index (χ4v) is 1.48. The smallest absolute Gasteiger partial charge is 0.168 e. The lowest BCUT2D eigenvalue weighted by Gasteiger charge is -2.08. The highest BCUT2D eigenvalue weighted by molar-refractivity contribution is 5.31. The molecule has 0 unspecified atom stereocenters. The highest BCUT2D eigenvalue weighted by Gasteiger charge is 2.08. The Balaban J connectivity index is 2.12. The molecular formula is C14H12F2O. The number of benzene rings is 2. The quantitative estimate of drug-likeness (QED) is 0.783. The molecular weight excluding hydrogens is 222 g/mol. The van der Waals surface area contributed by atoms with Gasteiger partial charge in [-0.1, -0.05) is 30.3 Å². The van der Waals surface area contributed by atoms with E-state index in [1.807, 2.05) is 30.3 Å². The standard InChI is InChI=1S/C14H12F2O/c1-10-7-14(13(16)8-12(10)15)17-9-11-5-3-2-4-6-11/h2-8H,9H2,1H3. The van der Waals surface area contributed by atoms with Gasteiger partial charge < -0.3 is 4.74 Å². The third-order valence-corrected chi connectivity index (χ3v) is 2.45. The maximum absolute atomic E-state index is 13.4. The highest BCUT2D eigenvalue weighted by atomic mass is 19.1. The minimum absolute atomic E-state index is 0.0766. The van der Waals surface area contributed by atoms with E-state index in [0.717, 1.165) is 11.6 Å². The van der Waals surface area contributed by atoms with Gasteiger partial charge in [-0.2, -0.15) is 0 Å². The number of ether oxygens (including phenoxy) is 1. The number of hydrogen-bond donors (Lipinski definition) is 0. The summed E-state index contributed by atoms with van der Waals surface area (Å²) in [6, 6.07) is 11.6. The summed E-state index contributed by atoms with van der Waals surface area (Å²) in [5.41, 5.74) is 1.31. The van der Waals surface area contributed by atoms with Crippen molar-refractivity contribution in [2.75, 3.05) is 0 Å². The van der Waals surface area contributed by atoms with Gasteiger partial charge in [0.15, 0.2) is 11.6 Å². The van der Waals surface area contributed by atoms with Gasteiger partial charge in [-0.15, -0.1) is 0 Å². The van der Waals surface area contributed by atoms with Crippen LogP contribution in [0, 0.1) is 18.6 Å². The third-order valence-electron chi connectivity index (χ3n) is 2.45. The summed E-state index contributed by atoms with van der Waals surface area (Å²) in [4.78, 5) is 0. The van der Waals surface area contributed by atoms with E-state index in [4.69, 9.17) is 4.74 Å². The van der Waals surface area contributed by atoms with Crippen molar-refractivity contribution in [3.63, 3.8) is 0 Å². The van der Waals surface area contributed by atoms with Crippen LogP contribution >= 0.6 is 0 Å². The van der Waals surface area contributed by atoms with Crippen LogP contribution in [-0.2, 0) is 6.61 Å². The molecule has 0 fully saturated rings. The van der Waals surface area contributed by atoms with Crippen LogP contribution in [0.5, 0.6) is 5.75 Å². The van der Waals surface area contributed by atoms with Crippen molar-refractivity contribution in [2.24, 2.45) is 0 Å². The average Bonchev–Trinajstić information content (AvgIpc) is 2.33. The van der Waals surface area contributed by atoms with E-state index in [1.54, 1.807) is 6.92 Å². The molecule has 0 radical (unpaired) electrons. The van der Waals surface area contributed by atoms with Gasteiger partial charge in [0.2, 0.25) is 0 Å². The van der Waals surface area contributed by atoms with E-state index in [-0.39, 0.29) is 12.4 Å². The topological polar surface area (TPSA) is 9.23 Å². The molecule has 0 aliphatic rings. The zero-order chi connectivity index (χ0) is 12.3. The van der Waals surface area contributed by atoms with E-state index in [2.05, 4.69) is 0 Å². The van der Waals surface area contributed by atoms with E-state index in [1.165, 1.54) is 6.07 Å². The third kappa shape index (κ3) is 2.81. The lowest BCUT2D eigenvalue weighted by atomic mass is 10.2.